The van der Waals surface area contributed by atoms with Gasteiger partial charge in [0.15, 0.2) is 6.61 Å². The van der Waals surface area contributed by atoms with Gasteiger partial charge >= 0.3 is 0 Å². The van der Waals surface area contributed by atoms with Crippen molar-refractivity contribution in [3.63, 3.8) is 0 Å². The highest BCUT2D eigenvalue weighted by molar-refractivity contribution is 7.09. The van der Waals surface area contributed by atoms with Crippen molar-refractivity contribution >= 4 is 28.2 Å². The number of fused-ring (bicyclic) bond motifs is 1. The molecule has 2 aromatic carbocycles. The standard InChI is InChI=1S/C24H21NO6S/c1-15-24(31-17-7-5-16(28-2)6-8-17)23(27)20-10-9-18(12-21(20)30-15)29-14-22(26)25-13-19-4-3-11-32-19/h3-12H,13-14H2,1-2H3,(H,25,26). The molecular formula is C24H21NO6S. The fraction of sp³-hybridized carbons (Fsp3) is 0.167. The Balaban J connectivity index is 1.46. The number of hydrogen-bond donors (Lipinski definition) is 1. The third-order valence-corrected chi connectivity index (χ3v) is 5.55. The maximum atomic E-state index is 12.9. The number of nitrogens with one attached hydrogen (secondary N) is 1. The monoisotopic (exact) mass is 451 g/mol. The lowest BCUT2D eigenvalue weighted by molar-refractivity contribution is -0.123. The fourth-order valence-electron chi connectivity index (χ4n) is 3.04. The first-order chi connectivity index (χ1) is 15.5. The lowest BCUT2D eigenvalue weighted by Gasteiger charge is -2.11. The molecule has 0 unspecified atom stereocenters. The number of methoxy groups -OCH3 is 1. The maximum Gasteiger partial charge on any atom is 0.258 e. The van der Waals surface area contributed by atoms with Crippen molar-refractivity contribution in [2.24, 2.45) is 0 Å². The minimum atomic E-state index is -0.292. The first-order valence-corrected chi connectivity index (χ1v) is 10.7. The Bertz CT molecular complexity index is 1280. The van der Waals surface area contributed by atoms with Crippen LogP contribution in [0.15, 0.2) is 69.2 Å². The van der Waals surface area contributed by atoms with Gasteiger partial charge in [0, 0.05) is 10.9 Å². The zero-order valence-corrected chi connectivity index (χ0v) is 18.4. The normalized spacial score (nSPS) is 10.7. The van der Waals surface area contributed by atoms with Gasteiger partial charge in [-0.05, 0) is 54.8 Å². The van der Waals surface area contributed by atoms with Crippen LogP contribution >= 0.6 is 11.3 Å². The van der Waals surface area contributed by atoms with Crippen LogP contribution < -0.4 is 25.0 Å². The van der Waals surface area contributed by atoms with Crippen molar-refractivity contribution in [3.8, 4) is 23.0 Å². The quantitative estimate of drug-likeness (QED) is 0.419. The maximum absolute atomic E-state index is 12.9. The predicted molar refractivity (Wildman–Crippen MR) is 122 cm³/mol. The first kappa shape index (κ1) is 21.5. The Morgan fingerprint density at radius 2 is 1.81 bits per heavy atom. The van der Waals surface area contributed by atoms with Crippen LogP contribution in [0.4, 0.5) is 0 Å². The van der Waals surface area contributed by atoms with E-state index in [1.165, 1.54) is 0 Å². The average molecular weight is 452 g/mol. The molecular weight excluding hydrogens is 430 g/mol. The summed E-state index contributed by atoms with van der Waals surface area (Å²) in [6.07, 6.45) is 0. The van der Waals surface area contributed by atoms with Crippen LogP contribution in [0.5, 0.6) is 23.0 Å². The number of ether oxygens (including phenoxy) is 3. The van der Waals surface area contributed by atoms with Gasteiger partial charge in [0.2, 0.25) is 11.2 Å². The van der Waals surface area contributed by atoms with Gasteiger partial charge in [-0.2, -0.15) is 0 Å². The van der Waals surface area contributed by atoms with Gasteiger partial charge in [0.1, 0.15) is 28.6 Å². The summed E-state index contributed by atoms with van der Waals surface area (Å²) in [5.74, 6) is 1.82. The summed E-state index contributed by atoms with van der Waals surface area (Å²) >= 11 is 1.57. The van der Waals surface area contributed by atoms with Crippen LogP contribution in [-0.2, 0) is 11.3 Å². The van der Waals surface area contributed by atoms with E-state index in [4.69, 9.17) is 18.6 Å². The van der Waals surface area contributed by atoms with Gasteiger partial charge < -0.3 is 23.9 Å². The molecule has 1 amide bonds. The van der Waals surface area contributed by atoms with Crippen molar-refractivity contribution in [2.45, 2.75) is 13.5 Å². The second-order valence-electron chi connectivity index (χ2n) is 6.90. The number of thiophene rings is 1. The van der Waals surface area contributed by atoms with Gasteiger partial charge in [-0.25, -0.2) is 0 Å². The molecule has 0 atom stereocenters. The summed E-state index contributed by atoms with van der Waals surface area (Å²) in [5, 5.41) is 5.11. The Kier molecular flexibility index (Phi) is 6.42. The third-order valence-electron chi connectivity index (χ3n) is 4.68. The molecule has 0 aliphatic carbocycles. The number of benzene rings is 2. The number of aryl methyl sites for hydroxylation is 1. The molecule has 0 bridgehead atoms. The molecule has 0 aliphatic heterocycles. The molecule has 4 rings (SSSR count). The minimum absolute atomic E-state index is 0.115. The molecule has 0 saturated heterocycles. The van der Waals surface area contributed by atoms with E-state index in [-0.39, 0.29) is 23.7 Å². The second kappa shape index (κ2) is 9.57. The summed E-state index contributed by atoms with van der Waals surface area (Å²) in [7, 11) is 1.58. The van der Waals surface area contributed by atoms with Crippen molar-refractivity contribution in [3.05, 3.63) is 80.8 Å². The van der Waals surface area contributed by atoms with Gasteiger partial charge in [0.05, 0.1) is 19.0 Å². The van der Waals surface area contributed by atoms with Crippen molar-refractivity contribution in [1.82, 2.24) is 5.32 Å². The number of hydrogen-bond acceptors (Lipinski definition) is 7. The predicted octanol–water partition coefficient (Wildman–Crippen LogP) is 4.66. The molecule has 164 valence electrons. The van der Waals surface area contributed by atoms with E-state index in [0.717, 1.165) is 4.88 Å². The van der Waals surface area contributed by atoms with Gasteiger partial charge in [-0.3, -0.25) is 9.59 Å². The highest BCUT2D eigenvalue weighted by atomic mass is 32.1. The Morgan fingerprint density at radius 3 is 2.53 bits per heavy atom. The van der Waals surface area contributed by atoms with Crippen LogP contribution in [0.25, 0.3) is 11.0 Å². The molecule has 2 aromatic heterocycles. The highest BCUT2D eigenvalue weighted by Gasteiger charge is 2.15. The molecule has 4 aromatic rings. The Morgan fingerprint density at radius 1 is 1.06 bits per heavy atom. The van der Waals surface area contributed by atoms with Gasteiger partial charge in [-0.1, -0.05) is 6.07 Å². The Labute approximate surface area is 188 Å². The van der Waals surface area contributed by atoms with Crippen LogP contribution in [0.1, 0.15) is 10.6 Å². The molecule has 0 fully saturated rings. The smallest absolute Gasteiger partial charge is 0.258 e. The van der Waals surface area contributed by atoms with E-state index in [2.05, 4.69) is 5.32 Å². The lowest BCUT2D eigenvalue weighted by Crippen LogP contribution is -2.28. The summed E-state index contributed by atoms with van der Waals surface area (Å²) in [6, 6.07) is 15.6. The van der Waals surface area contributed by atoms with E-state index in [1.54, 1.807) is 67.8 Å². The molecule has 2 heterocycles. The first-order valence-electron chi connectivity index (χ1n) is 9.85. The molecule has 1 N–H and O–H groups in total. The van der Waals surface area contributed by atoms with Crippen molar-refractivity contribution in [1.29, 1.82) is 0 Å². The molecule has 0 aliphatic rings. The number of amides is 1. The van der Waals surface area contributed by atoms with E-state index < -0.39 is 0 Å². The highest BCUT2D eigenvalue weighted by Crippen LogP contribution is 2.28. The van der Waals surface area contributed by atoms with Crippen LogP contribution in [-0.4, -0.2) is 19.6 Å². The molecule has 32 heavy (non-hydrogen) atoms. The largest absolute Gasteiger partial charge is 0.497 e. The topological polar surface area (TPSA) is 87.0 Å². The van der Waals surface area contributed by atoms with Crippen LogP contribution in [0, 0.1) is 6.92 Å². The second-order valence-corrected chi connectivity index (χ2v) is 7.93. The van der Waals surface area contributed by atoms with Gasteiger partial charge in [0.25, 0.3) is 5.91 Å². The fourth-order valence-corrected chi connectivity index (χ4v) is 3.68. The minimum Gasteiger partial charge on any atom is -0.497 e. The summed E-state index contributed by atoms with van der Waals surface area (Å²) < 4.78 is 22.3. The van der Waals surface area contributed by atoms with E-state index in [1.807, 2.05) is 17.5 Å². The SMILES string of the molecule is COc1ccc(Oc2c(C)oc3cc(OCC(=O)NCc4cccs4)ccc3c2=O)cc1. The number of rotatable bonds is 8. The van der Waals surface area contributed by atoms with Crippen LogP contribution in [0.3, 0.4) is 0 Å². The molecule has 0 radical (unpaired) electrons. The van der Waals surface area contributed by atoms with Crippen molar-refractivity contribution in [2.75, 3.05) is 13.7 Å². The van der Waals surface area contributed by atoms with Gasteiger partial charge in [-0.15, -0.1) is 11.3 Å². The van der Waals surface area contributed by atoms with E-state index >= 15 is 0 Å². The van der Waals surface area contributed by atoms with E-state index in [0.29, 0.717) is 40.5 Å². The number of carbonyl (C=O) groups excluding carboxylic acids is 1. The van der Waals surface area contributed by atoms with Crippen LogP contribution in [0.2, 0.25) is 0 Å². The lowest BCUT2D eigenvalue weighted by atomic mass is 10.2. The van der Waals surface area contributed by atoms with E-state index in [9.17, 15) is 9.59 Å². The Hall–Kier alpha value is -3.78. The summed E-state index contributed by atoms with van der Waals surface area (Å²) in [4.78, 5) is 26.0. The zero-order valence-electron chi connectivity index (χ0n) is 17.5. The average Bonchev–Trinajstić information content (AvgIpc) is 3.33. The molecule has 8 heteroatoms. The number of carbonyl (C=O) groups is 1. The molecule has 0 saturated carbocycles. The third kappa shape index (κ3) is 4.92. The summed E-state index contributed by atoms with van der Waals surface area (Å²) in [6.45, 7) is 1.98. The van der Waals surface area contributed by atoms with Crippen molar-refractivity contribution < 1.29 is 23.4 Å². The molecule has 7 nitrogen and oxygen atoms in total. The molecule has 0 spiro atoms. The zero-order chi connectivity index (χ0) is 22.5. The summed E-state index contributed by atoms with van der Waals surface area (Å²) in [5.41, 5.74) is 0.0610.